The van der Waals surface area contributed by atoms with Crippen molar-refractivity contribution < 1.29 is 13.6 Å². The Morgan fingerprint density at radius 1 is 1.29 bits per heavy atom. The maximum absolute atomic E-state index is 12.3. The molecule has 0 bridgehead atoms. The Hall–Kier alpha value is -2.61. The van der Waals surface area contributed by atoms with Crippen LogP contribution in [0.2, 0.25) is 0 Å². The quantitative estimate of drug-likeness (QED) is 0.667. The van der Waals surface area contributed by atoms with Gasteiger partial charge in [0.05, 0.1) is 6.26 Å². The fourth-order valence-electron chi connectivity index (χ4n) is 2.13. The lowest BCUT2D eigenvalue weighted by Gasteiger charge is -2.17. The number of carbonyl (C=O) groups is 1. The molecule has 0 spiro atoms. The number of aromatic nitrogens is 2. The van der Waals surface area contributed by atoms with Gasteiger partial charge in [0.1, 0.15) is 6.54 Å². The molecule has 0 aliphatic heterocycles. The average molecular weight is 392 g/mol. The van der Waals surface area contributed by atoms with Crippen molar-refractivity contribution in [2.75, 3.05) is 7.05 Å². The van der Waals surface area contributed by atoms with Gasteiger partial charge in [-0.1, -0.05) is 34.1 Å². The van der Waals surface area contributed by atoms with Gasteiger partial charge in [0.15, 0.2) is 5.76 Å². The Kier molecular flexibility index (Phi) is 4.66. The predicted molar refractivity (Wildman–Crippen MR) is 89.1 cm³/mol. The third-order valence-corrected chi connectivity index (χ3v) is 4.19. The Labute approximate surface area is 145 Å². The Bertz CT molecular complexity index is 898. The number of carbonyl (C=O) groups excluding carboxylic acids is 1. The third-order valence-electron chi connectivity index (χ3n) is 3.41. The highest BCUT2D eigenvalue weighted by atomic mass is 79.9. The zero-order valence-corrected chi connectivity index (χ0v) is 14.4. The van der Waals surface area contributed by atoms with Crippen LogP contribution in [0, 0.1) is 0 Å². The molecule has 0 saturated heterocycles. The Morgan fingerprint density at radius 2 is 2.08 bits per heavy atom. The molecule has 0 N–H and O–H groups in total. The van der Waals surface area contributed by atoms with E-state index in [0.717, 1.165) is 14.7 Å². The number of hydrogen-bond donors (Lipinski definition) is 0. The number of furan rings is 1. The molecule has 1 aromatic carbocycles. The standard InChI is InChI=1S/C16H14BrN3O4/c1-19(9-11-5-2-3-6-12(11)17)14(21)10-20-16(22)24-15(18-20)13-7-4-8-23-13/h2-8H,9-10H2,1H3. The summed E-state index contributed by atoms with van der Waals surface area (Å²) in [6.45, 7) is 0.210. The molecule has 0 fully saturated rings. The zero-order valence-electron chi connectivity index (χ0n) is 12.8. The molecule has 0 unspecified atom stereocenters. The lowest BCUT2D eigenvalue weighted by molar-refractivity contribution is -0.131. The minimum atomic E-state index is -0.705. The highest BCUT2D eigenvalue weighted by Gasteiger charge is 2.17. The zero-order chi connectivity index (χ0) is 17.1. The van der Waals surface area contributed by atoms with E-state index in [1.165, 1.54) is 11.2 Å². The van der Waals surface area contributed by atoms with E-state index in [2.05, 4.69) is 21.0 Å². The first kappa shape index (κ1) is 16.3. The molecule has 2 heterocycles. The van der Waals surface area contributed by atoms with Crippen LogP contribution in [0.1, 0.15) is 5.56 Å². The summed E-state index contributed by atoms with van der Waals surface area (Å²) in [6.07, 6.45) is 1.45. The summed E-state index contributed by atoms with van der Waals surface area (Å²) in [5, 5.41) is 3.99. The van der Waals surface area contributed by atoms with Gasteiger partial charge in [-0.2, -0.15) is 4.68 Å². The molecular weight excluding hydrogens is 378 g/mol. The summed E-state index contributed by atoms with van der Waals surface area (Å²) >= 11 is 3.45. The molecule has 0 aliphatic rings. The molecular formula is C16H14BrN3O4. The first-order valence-electron chi connectivity index (χ1n) is 7.14. The predicted octanol–water partition coefficient (Wildman–Crippen LogP) is 2.52. The molecule has 0 atom stereocenters. The van der Waals surface area contributed by atoms with Gasteiger partial charge in [-0.25, -0.2) is 4.79 Å². The first-order chi connectivity index (χ1) is 11.5. The van der Waals surface area contributed by atoms with Gasteiger partial charge in [0, 0.05) is 18.1 Å². The normalized spacial score (nSPS) is 10.8. The Balaban J connectivity index is 1.71. The molecule has 0 aliphatic carbocycles. The van der Waals surface area contributed by atoms with Crippen molar-refractivity contribution in [3.63, 3.8) is 0 Å². The van der Waals surface area contributed by atoms with Gasteiger partial charge in [0.25, 0.3) is 5.89 Å². The van der Waals surface area contributed by atoms with Crippen LogP contribution in [-0.2, 0) is 17.9 Å². The maximum Gasteiger partial charge on any atom is 0.437 e. The second kappa shape index (κ2) is 6.88. The van der Waals surface area contributed by atoms with Crippen LogP contribution in [-0.4, -0.2) is 27.6 Å². The van der Waals surface area contributed by atoms with Crippen LogP contribution >= 0.6 is 15.9 Å². The summed E-state index contributed by atoms with van der Waals surface area (Å²) in [5.74, 6) is -0.581. The van der Waals surface area contributed by atoms with Gasteiger partial charge in [0.2, 0.25) is 5.91 Å². The van der Waals surface area contributed by atoms with Crippen LogP contribution in [0.5, 0.6) is 0 Å². The third kappa shape index (κ3) is 3.48. The Morgan fingerprint density at radius 3 is 2.79 bits per heavy atom. The topological polar surface area (TPSA) is 81.5 Å². The lowest BCUT2D eigenvalue weighted by atomic mass is 10.2. The number of benzene rings is 1. The van der Waals surface area contributed by atoms with Gasteiger partial charge < -0.3 is 13.7 Å². The summed E-state index contributed by atoms with van der Waals surface area (Å²) < 4.78 is 12.0. The molecule has 0 saturated carbocycles. The number of nitrogens with zero attached hydrogens (tertiary/aromatic N) is 3. The van der Waals surface area contributed by atoms with Crippen molar-refractivity contribution in [1.82, 2.24) is 14.7 Å². The van der Waals surface area contributed by atoms with Crippen LogP contribution in [0.3, 0.4) is 0 Å². The van der Waals surface area contributed by atoms with E-state index in [-0.39, 0.29) is 18.3 Å². The highest BCUT2D eigenvalue weighted by Crippen LogP contribution is 2.18. The molecule has 1 amide bonds. The van der Waals surface area contributed by atoms with E-state index >= 15 is 0 Å². The molecule has 8 heteroatoms. The number of halogens is 1. The summed E-state index contributed by atoms with van der Waals surface area (Å²) in [7, 11) is 1.67. The van der Waals surface area contributed by atoms with E-state index in [9.17, 15) is 9.59 Å². The molecule has 124 valence electrons. The van der Waals surface area contributed by atoms with Gasteiger partial charge in [-0.15, -0.1) is 5.10 Å². The van der Waals surface area contributed by atoms with Crippen molar-refractivity contribution in [3.05, 3.63) is 63.2 Å². The minimum absolute atomic E-state index is 0.0475. The lowest BCUT2D eigenvalue weighted by Crippen LogP contribution is -2.33. The minimum Gasteiger partial charge on any atom is -0.459 e. The second-order valence-electron chi connectivity index (χ2n) is 5.15. The largest absolute Gasteiger partial charge is 0.459 e. The van der Waals surface area contributed by atoms with Crippen LogP contribution in [0.25, 0.3) is 11.7 Å². The van der Waals surface area contributed by atoms with Crippen molar-refractivity contribution in [1.29, 1.82) is 0 Å². The summed E-state index contributed by atoms with van der Waals surface area (Å²) in [6, 6.07) is 10.9. The van der Waals surface area contributed by atoms with Crippen LogP contribution in [0.15, 0.2) is 60.8 Å². The SMILES string of the molecule is CN(Cc1ccccc1Br)C(=O)Cn1nc(-c2ccco2)oc1=O. The molecule has 3 rings (SSSR count). The number of likely N-dealkylation sites (N-methyl/N-ethyl adjacent to an activating group) is 1. The van der Waals surface area contributed by atoms with Crippen molar-refractivity contribution >= 4 is 21.8 Å². The van der Waals surface area contributed by atoms with E-state index < -0.39 is 5.76 Å². The van der Waals surface area contributed by atoms with E-state index in [1.807, 2.05) is 24.3 Å². The highest BCUT2D eigenvalue weighted by molar-refractivity contribution is 9.10. The summed E-state index contributed by atoms with van der Waals surface area (Å²) in [5.41, 5.74) is 0.970. The van der Waals surface area contributed by atoms with Crippen molar-refractivity contribution in [2.24, 2.45) is 0 Å². The first-order valence-corrected chi connectivity index (χ1v) is 7.93. The monoisotopic (exact) mass is 391 g/mol. The van der Waals surface area contributed by atoms with Gasteiger partial charge >= 0.3 is 5.76 Å². The summed E-state index contributed by atoms with van der Waals surface area (Å²) in [4.78, 5) is 25.7. The average Bonchev–Trinajstić information content (AvgIpc) is 3.20. The second-order valence-corrected chi connectivity index (χ2v) is 6.00. The smallest absolute Gasteiger partial charge is 0.437 e. The maximum atomic E-state index is 12.3. The van der Waals surface area contributed by atoms with Crippen LogP contribution < -0.4 is 5.76 Å². The fourth-order valence-corrected chi connectivity index (χ4v) is 2.54. The molecule has 24 heavy (non-hydrogen) atoms. The number of rotatable bonds is 5. The van der Waals surface area contributed by atoms with Crippen molar-refractivity contribution in [3.8, 4) is 11.7 Å². The van der Waals surface area contributed by atoms with E-state index in [4.69, 9.17) is 8.83 Å². The molecule has 3 aromatic rings. The van der Waals surface area contributed by atoms with E-state index in [0.29, 0.717) is 12.3 Å². The van der Waals surface area contributed by atoms with Gasteiger partial charge in [-0.3, -0.25) is 4.79 Å². The van der Waals surface area contributed by atoms with Crippen LogP contribution in [0.4, 0.5) is 0 Å². The van der Waals surface area contributed by atoms with Gasteiger partial charge in [-0.05, 0) is 23.8 Å². The number of amides is 1. The van der Waals surface area contributed by atoms with E-state index in [1.54, 1.807) is 19.2 Å². The van der Waals surface area contributed by atoms with Crippen molar-refractivity contribution in [2.45, 2.75) is 13.1 Å². The molecule has 0 radical (unpaired) electrons. The molecule has 7 nitrogen and oxygen atoms in total. The molecule has 2 aromatic heterocycles. The fraction of sp³-hybridized carbons (Fsp3) is 0.188. The number of hydrogen-bond acceptors (Lipinski definition) is 5.